The highest BCUT2D eigenvalue weighted by Crippen LogP contribution is 2.11. The predicted octanol–water partition coefficient (Wildman–Crippen LogP) is 1.41. The zero-order chi connectivity index (χ0) is 14.4. The Labute approximate surface area is 117 Å². The molecule has 1 aromatic heterocycles. The van der Waals surface area contributed by atoms with Crippen molar-refractivity contribution < 1.29 is 9.90 Å². The lowest BCUT2D eigenvalue weighted by molar-refractivity contribution is 0.101. The Bertz CT molecular complexity index is 665. The molecular formula is C15H15N3O2. The van der Waals surface area contributed by atoms with Crippen LogP contribution in [0.15, 0.2) is 36.8 Å². The Morgan fingerprint density at radius 1 is 1.50 bits per heavy atom. The Morgan fingerprint density at radius 2 is 2.35 bits per heavy atom. The third-order valence-corrected chi connectivity index (χ3v) is 2.64. The van der Waals surface area contributed by atoms with E-state index in [-0.39, 0.29) is 12.5 Å². The lowest BCUT2D eigenvalue weighted by Crippen LogP contribution is -2.15. The van der Waals surface area contributed by atoms with Crippen molar-refractivity contribution in [3.8, 4) is 11.8 Å². The molecule has 2 N–H and O–H groups in total. The van der Waals surface area contributed by atoms with Gasteiger partial charge in [0.05, 0.1) is 19.1 Å². The quantitative estimate of drug-likeness (QED) is 0.828. The van der Waals surface area contributed by atoms with Crippen molar-refractivity contribution in [2.24, 2.45) is 7.05 Å². The van der Waals surface area contributed by atoms with E-state index < -0.39 is 0 Å². The van der Waals surface area contributed by atoms with Crippen LogP contribution in [0.5, 0.6) is 0 Å². The lowest BCUT2D eigenvalue weighted by Gasteiger charge is -2.05. The first kappa shape index (κ1) is 13.8. The Hall–Kier alpha value is -2.58. The number of imidazole rings is 1. The van der Waals surface area contributed by atoms with Crippen molar-refractivity contribution >= 4 is 11.6 Å². The van der Waals surface area contributed by atoms with E-state index in [0.29, 0.717) is 17.8 Å². The van der Waals surface area contributed by atoms with Gasteiger partial charge in [0, 0.05) is 24.7 Å². The highest BCUT2D eigenvalue weighted by atomic mass is 16.2. The summed E-state index contributed by atoms with van der Waals surface area (Å²) in [5, 5.41) is 11.5. The average molecular weight is 269 g/mol. The first-order valence-electron chi connectivity index (χ1n) is 6.18. The van der Waals surface area contributed by atoms with Crippen molar-refractivity contribution in [1.29, 1.82) is 0 Å². The van der Waals surface area contributed by atoms with Gasteiger partial charge in [0.1, 0.15) is 5.69 Å². The molecule has 1 heterocycles. The molecule has 0 unspecified atom stereocenters. The van der Waals surface area contributed by atoms with Gasteiger partial charge in [-0.05, 0) is 18.2 Å². The largest absolute Gasteiger partial charge is 0.395 e. The van der Waals surface area contributed by atoms with Crippen molar-refractivity contribution in [3.05, 3.63) is 48.0 Å². The number of carbonyl (C=O) groups is 1. The Kier molecular flexibility index (Phi) is 4.53. The fraction of sp³-hybridized carbons (Fsp3) is 0.200. The molecule has 0 bridgehead atoms. The number of hydrogen-bond acceptors (Lipinski definition) is 3. The first-order valence-corrected chi connectivity index (χ1v) is 6.18. The molecule has 1 aromatic carbocycles. The first-order chi connectivity index (χ1) is 9.70. The van der Waals surface area contributed by atoms with Gasteiger partial charge in [0.2, 0.25) is 0 Å². The van der Waals surface area contributed by atoms with E-state index in [2.05, 4.69) is 22.1 Å². The van der Waals surface area contributed by atoms with E-state index in [9.17, 15) is 4.79 Å². The summed E-state index contributed by atoms with van der Waals surface area (Å²) in [6.45, 7) is 0.0456. The Morgan fingerprint density at radius 3 is 3.05 bits per heavy atom. The number of aliphatic hydroxyl groups excluding tert-OH is 1. The maximum Gasteiger partial charge on any atom is 0.273 e. The number of aryl methyl sites for hydroxylation is 1. The van der Waals surface area contributed by atoms with Gasteiger partial charge in [0.25, 0.3) is 5.91 Å². The molecule has 0 radical (unpaired) electrons. The third-order valence-electron chi connectivity index (χ3n) is 2.64. The fourth-order valence-corrected chi connectivity index (χ4v) is 1.67. The van der Waals surface area contributed by atoms with Crippen molar-refractivity contribution in [2.45, 2.75) is 6.42 Å². The molecule has 20 heavy (non-hydrogen) atoms. The number of nitrogens with one attached hydrogen (secondary N) is 1. The second-order valence-corrected chi connectivity index (χ2v) is 4.20. The molecule has 5 heteroatoms. The van der Waals surface area contributed by atoms with E-state index in [0.717, 1.165) is 5.56 Å². The van der Waals surface area contributed by atoms with Gasteiger partial charge in [-0.3, -0.25) is 4.79 Å². The molecule has 5 nitrogen and oxygen atoms in total. The maximum absolute atomic E-state index is 12.0. The van der Waals surface area contributed by atoms with Crippen LogP contribution in [0.25, 0.3) is 0 Å². The highest BCUT2D eigenvalue weighted by molar-refractivity contribution is 6.03. The third kappa shape index (κ3) is 3.46. The molecule has 2 aromatic rings. The summed E-state index contributed by atoms with van der Waals surface area (Å²) in [5.74, 6) is 5.55. The van der Waals surface area contributed by atoms with Crippen LogP contribution in [0.3, 0.4) is 0 Å². The number of nitrogens with zero attached hydrogens (tertiary/aromatic N) is 2. The maximum atomic E-state index is 12.0. The van der Waals surface area contributed by atoms with Crippen LogP contribution in [0.4, 0.5) is 5.69 Å². The number of anilines is 1. The minimum Gasteiger partial charge on any atom is -0.395 e. The monoisotopic (exact) mass is 269 g/mol. The molecule has 102 valence electrons. The number of rotatable bonds is 3. The molecule has 0 saturated carbocycles. The van der Waals surface area contributed by atoms with Crippen LogP contribution < -0.4 is 5.32 Å². The zero-order valence-electron chi connectivity index (χ0n) is 11.1. The minimum absolute atomic E-state index is 0.0456. The van der Waals surface area contributed by atoms with Crippen molar-refractivity contribution in [2.75, 3.05) is 11.9 Å². The van der Waals surface area contributed by atoms with Gasteiger partial charge < -0.3 is 15.0 Å². The van der Waals surface area contributed by atoms with Crippen molar-refractivity contribution in [1.82, 2.24) is 9.55 Å². The summed E-state index contributed by atoms with van der Waals surface area (Å²) in [6.07, 6.45) is 3.53. The SMILES string of the molecule is Cn1cncc1C(=O)Nc1cccc(C#CCCO)c1. The van der Waals surface area contributed by atoms with Crippen LogP contribution in [0.2, 0.25) is 0 Å². The molecule has 0 atom stereocenters. The molecule has 0 fully saturated rings. The molecule has 0 aliphatic heterocycles. The molecule has 0 aliphatic rings. The van der Waals surface area contributed by atoms with E-state index in [1.807, 2.05) is 12.1 Å². The van der Waals surface area contributed by atoms with Crippen LogP contribution in [-0.2, 0) is 7.05 Å². The summed E-state index contributed by atoms with van der Waals surface area (Å²) in [6, 6.07) is 7.26. The standard InChI is InChI=1S/C15H15N3O2/c1-18-11-16-10-14(18)15(20)17-13-7-4-6-12(9-13)5-2-3-8-19/h4,6-7,9-11,19H,3,8H2,1H3,(H,17,20). The van der Waals surface area contributed by atoms with Crippen LogP contribution in [0, 0.1) is 11.8 Å². The molecule has 0 spiro atoms. The number of aliphatic hydroxyl groups is 1. The van der Waals surface area contributed by atoms with Gasteiger partial charge in [0.15, 0.2) is 0 Å². The van der Waals surface area contributed by atoms with Crippen molar-refractivity contribution in [3.63, 3.8) is 0 Å². The fourth-order valence-electron chi connectivity index (χ4n) is 1.67. The second-order valence-electron chi connectivity index (χ2n) is 4.20. The lowest BCUT2D eigenvalue weighted by atomic mass is 10.2. The van der Waals surface area contributed by atoms with Crippen LogP contribution in [0.1, 0.15) is 22.5 Å². The normalized spacial score (nSPS) is 9.70. The van der Waals surface area contributed by atoms with E-state index in [1.54, 1.807) is 30.1 Å². The van der Waals surface area contributed by atoms with E-state index >= 15 is 0 Å². The number of carbonyl (C=O) groups excluding carboxylic acids is 1. The predicted molar refractivity (Wildman–Crippen MR) is 76.2 cm³/mol. The number of amides is 1. The topological polar surface area (TPSA) is 67.2 Å². The summed E-state index contributed by atoms with van der Waals surface area (Å²) >= 11 is 0. The van der Waals surface area contributed by atoms with Crippen LogP contribution in [-0.4, -0.2) is 27.2 Å². The van der Waals surface area contributed by atoms with Gasteiger partial charge in [-0.1, -0.05) is 17.9 Å². The molecule has 2 rings (SSSR count). The van der Waals surface area contributed by atoms with Gasteiger partial charge in [-0.15, -0.1) is 0 Å². The average Bonchev–Trinajstić information content (AvgIpc) is 2.86. The summed E-state index contributed by atoms with van der Waals surface area (Å²) < 4.78 is 1.65. The van der Waals surface area contributed by atoms with Gasteiger partial charge in [-0.2, -0.15) is 0 Å². The second kappa shape index (κ2) is 6.55. The van der Waals surface area contributed by atoms with E-state index in [4.69, 9.17) is 5.11 Å². The molecule has 0 aliphatic carbocycles. The number of aromatic nitrogens is 2. The molecular weight excluding hydrogens is 254 g/mol. The minimum atomic E-state index is -0.217. The smallest absolute Gasteiger partial charge is 0.273 e. The number of hydrogen-bond donors (Lipinski definition) is 2. The Balaban J connectivity index is 2.11. The van der Waals surface area contributed by atoms with Gasteiger partial charge in [-0.25, -0.2) is 4.98 Å². The van der Waals surface area contributed by atoms with Gasteiger partial charge >= 0.3 is 0 Å². The number of benzene rings is 1. The summed E-state index contributed by atoms with van der Waals surface area (Å²) in [7, 11) is 1.76. The van der Waals surface area contributed by atoms with E-state index in [1.165, 1.54) is 6.20 Å². The highest BCUT2D eigenvalue weighted by Gasteiger charge is 2.09. The van der Waals surface area contributed by atoms with Crippen LogP contribution >= 0.6 is 0 Å². The summed E-state index contributed by atoms with van der Waals surface area (Å²) in [4.78, 5) is 15.9. The summed E-state index contributed by atoms with van der Waals surface area (Å²) in [5.41, 5.74) is 1.95. The molecule has 1 amide bonds. The molecule has 0 saturated heterocycles. The zero-order valence-corrected chi connectivity index (χ0v) is 11.1.